The van der Waals surface area contributed by atoms with Gasteiger partial charge in [0.05, 0.1) is 12.7 Å². The molecule has 0 radical (unpaired) electrons. The van der Waals surface area contributed by atoms with E-state index < -0.39 is 0 Å². The number of methoxy groups -OCH3 is 1. The van der Waals surface area contributed by atoms with E-state index in [4.69, 9.17) is 4.74 Å². The van der Waals surface area contributed by atoms with Crippen LogP contribution in [0.2, 0.25) is 0 Å². The van der Waals surface area contributed by atoms with Crippen LogP contribution in [0.4, 0.5) is 5.69 Å². The SMILES string of the molecule is COc1ccccc1-c1c[nH]cc1C(=O)Nc1ccc(C)cc1. The monoisotopic (exact) mass is 306 g/mol. The average molecular weight is 306 g/mol. The highest BCUT2D eigenvalue weighted by atomic mass is 16.5. The highest BCUT2D eigenvalue weighted by Crippen LogP contribution is 2.32. The fraction of sp³-hybridized carbons (Fsp3) is 0.105. The van der Waals surface area contributed by atoms with Gasteiger partial charge in [0.1, 0.15) is 5.75 Å². The maximum Gasteiger partial charge on any atom is 0.257 e. The number of amides is 1. The number of carbonyl (C=O) groups is 1. The number of benzene rings is 2. The van der Waals surface area contributed by atoms with Crippen LogP contribution in [-0.4, -0.2) is 18.0 Å². The molecular weight excluding hydrogens is 288 g/mol. The fourth-order valence-electron chi connectivity index (χ4n) is 2.48. The van der Waals surface area contributed by atoms with Crippen LogP contribution in [0.25, 0.3) is 11.1 Å². The van der Waals surface area contributed by atoms with E-state index in [1.807, 2.05) is 61.7 Å². The summed E-state index contributed by atoms with van der Waals surface area (Å²) in [6.07, 6.45) is 3.51. The number of ether oxygens (including phenoxy) is 1. The van der Waals surface area contributed by atoms with Gasteiger partial charge in [0.25, 0.3) is 5.91 Å². The molecular formula is C19H18N2O2. The quantitative estimate of drug-likeness (QED) is 0.757. The predicted molar refractivity (Wildman–Crippen MR) is 91.9 cm³/mol. The zero-order valence-corrected chi connectivity index (χ0v) is 13.1. The number of hydrogen-bond acceptors (Lipinski definition) is 2. The topological polar surface area (TPSA) is 54.1 Å². The Morgan fingerprint density at radius 1 is 1.00 bits per heavy atom. The summed E-state index contributed by atoms with van der Waals surface area (Å²) in [5, 5.41) is 2.92. The normalized spacial score (nSPS) is 10.3. The van der Waals surface area contributed by atoms with Gasteiger partial charge in [-0.3, -0.25) is 4.79 Å². The molecule has 4 heteroatoms. The Hall–Kier alpha value is -3.01. The van der Waals surface area contributed by atoms with Crippen LogP contribution in [0, 0.1) is 6.92 Å². The Bertz CT molecular complexity index is 819. The van der Waals surface area contributed by atoms with E-state index in [2.05, 4.69) is 10.3 Å². The largest absolute Gasteiger partial charge is 0.496 e. The van der Waals surface area contributed by atoms with Crippen molar-refractivity contribution in [3.05, 3.63) is 72.1 Å². The molecule has 0 saturated heterocycles. The number of aromatic nitrogens is 1. The fourth-order valence-corrected chi connectivity index (χ4v) is 2.48. The molecule has 2 N–H and O–H groups in total. The van der Waals surface area contributed by atoms with Crippen LogP contribution >= 0.6 is 0 Å². The first-order chi connectivity index (χ1) is 11.2. The second-order valence-electron chi connectivity index (χ2n) is 5.30. The zero-order valence-electron chi connectivity index (χ0n) is 13.1. The van der Waals surface area contributed by atoms with E-state index in [-0.39, 0.29) is 5.91 Å². The number of hydrogen-bond donors (Lipinski definition) is 2. The molecule has 116 valence electrons. The molecule has 0 atom stereocenters. The molecule has 1 aromatic heterocycles. The smallest absolute Gasteiger partial charge is 0.257 e. The molecule has 23 heavy (non-hydrogen) atoms. The Kier molecular flexibility index (Phi) is 4.15. The summed E-state index contributed by atoms with van der Waals surface area (Å²) < 4.78 is 5.39. The van der Waals surface area contributed by atoms with Gasteiger partial charge < -0.3 is 15.0 Å². The minimum absolute atomic E-state index is 0.156. The van der Waals surface area contributed by atoms with E-state index in [1.54, 1.807) is 13.3 Å². The third kappa shape index (κ3) is 3.11. The molecule has 0 aliphatic carbocycles. The lowest BCUT2D eigenvalue weighted by molar-refractivity contribution is 0.102. The first kappa shape index (κ1) is 14.9. The molecule has 3 rings (SSSR count). The van der Waals surface area contributed by atoms with E-state index in [0.717, 1.165) is 28.1 Å². The first-order valence-electron chi connectivity index (χ1n) is 7.37. The van der Waals surface area contributed by atoms with Gasteiger partial charge in [-0.15, -0.1) is 0 Å². The summed E-state index contributed by atoms with van der Waals surface area (Å²) in [5.41, 5.74) is 4.19. The predicted octanol–water partition coefficient (Wildman–Crippen LogP) is 4.25. The molecule has 0 bridgehead atoms. The van der Waals surface area contributed by atoms with Gasteiger partial charge in [-0.25, -0.2) is 0 Å². The van der Waals surface area contributed by atoms with Gasteiger partial charge in [0.15, 0.2) is 0 Å². The van der Waals surface area contributed by atoms with E-state index in [9.17, 15) is 4.79 Å². The Morgan fingerprint density at radius 3 is 2.48 bits per heavy atom. The summed E-state index contributed by atoms with van der Waals surface area (Å²) in [4.78, 5) is 15.6. The van der Waals surface area contributed by atoms with E-state index >= 15 is 0 Å². The van der Waals surface area contributed by atoms with Crippen molar-refractivity contribution in [3.63, 3.8) is 0 Å². The highest BCUT2D eigenvalue weighted by Gasteiger charge is 2.16. The maximum atomic E-state index is 12.6. The highest BCUT2D eigenvalue weighted by molar-refractivity contribution is 6.09. The molecule has 0 saturated carbocycles. The summed E-state index contributed by atoms with van der Waals surface area (Å²) >= 11 is 0. The molecule has 0 spiro atoms. The van der Waals surface area contributed by atoms with Crippen LogP contribution in [0.3, 0.4) is 0 Å². The number of carbonyl (C=O) groups excluding carboxylic acids is 1. The van der Waals surface area contributed by atoms with Crippen LogP contribution in [0.15, 0.2) is 60.9 Å². The lowest BCUT2D eigenvalue weighted by atomic mass is 10.0. The molecule has 2 aromatic carbocycles. The average Bonchev–Trinajstić information content (AvgIpc) is 3.06. The van der Waals surface area contributed by atoms with Gasteiger partial charge >= 0.3 is 0 Å². The third-order valence-corrected chi connectivity index (χ3v) is 3.70. The van der Waals surface area contributed by atoms with Crippen LogP contribution < -0.4 is 10.1 Å². The van der Waals surface area contributed by atoms with Crippen LogP contribution in [0.5, 0.6) is 5.75 Å². The van der Waals surface area contributed by atoms with Crippen molar-refractivity contribution in [2.45, 2.75) is 6.92 Å². The van der Waals surface area contributed by atoms with Crippen molar-refractivity contribution < 1.29 is 9.53 Å². The third-order valence-electron chi connectivity index (χ3n) is 3.70. The molecule has 0 fully saturated rings. The van der Waals surface area contributed by atoms with Gasteiger partial charge in [0, 0.05) is 29.2 Å². The summed E-state index contributed by atoms with van der Waals surface area (Å²) in [6.45, 7) is 2.01. The second-order valence-corrected chi connectivity index (χ2v) is 5.30. The van der Waals surface area contributed by atoms with Crippen molar-refractivity contribution in [2.24, 2.45) is 0 Å². The van der Waals surface area contributed by atoms with Gasteiger partial charge in [0.2, 0.25) is 0 Å². The molecule has 0 aliphatic heterocycles. The minimum atomic E-state index is -0.156. The number of rotatable bonds is 4. The first-order valence-corrected chi connectivity index (χ1v) is 7.37. The lowest BCUT2D eigenvalue weighted by Crippen LogP contribution is -2.12. The molecule has 3 aromatic rings. The van der Waals surface area contributed by atoms with Gasteiger partial charge in [-0.2, -0.15) is 0 Å². The van der Waals surface area contributed by atoms with Crippen LogP contribution in [-0.2, 0) is 0 Å². The summed E-state index contributed by atoms with van der Waals surface area (Å²) in [6, 6.07) is 15.4. The van der Waals surface area contributed by atoms with Crippen molar-refractivity contribution in [3.8, 4) is 16.9 Å². The molecule has 0 unspecified atom stereocenters. The van der Waals surface area contributed by atoms with Crippen LogP contribution in [0.1, 0.15) is 15.9 Å². The van der Waals surface area contributed by atoms with E-state index in [1.165, 1.54) is 0 Å². The van der Waals surface area contributed by atoms with Crippen molar-refractivity contribution in [1.82, 2.24) is 4.98 Å². The van der Waals surface area contributed by atoms with Gasteiger partial charge in [-0.1, -0.05) is 35.9 Å². The Morgan fingerprint density at radius 2 is 1.74 bits per heavy atom. The lowest BCUT2D eigenvalue weighted by Gasteiger charge is -2.10. The van der Waals surface area contributed by atoms with Crippen molar-refractivity contribution in [2.75, 3.05) is 12.4 Å². The maximum absolute atomic E-state index is 12.6. The van der Waals surface area contributed by atoms with E-state index in [0.29, 0.717) is 5.56 Å². The van der Waals surface area contributed by atoms with Crippen molar-refractivity contribution in [1.29, 1.82) is 0 Å². The molecule has 4 nitrogen and oxygen atoms in total. The Balaban J connectivity index is 1.91. The number of anilines is 1. The summed E-state index contributed by atoms with van der Waals surface area (Å²) in [7, 11) is 1.62. The number of H-pyrrole nitrogens is 1. The zero-order chi connectivity index (χ0) is 16.2. The number of nitrogens with one attached hydrogen (secondary N) is 2. The summed E-state index contributed by atoms with van der Waals surface area (Å²) in [5.74, 6) is 0.576. The Labute approximate surface area is 135 Å². The standard InChI is InChI=1S/C19H18N2O2/c1-13-7-9-14(10-8-13)21-19(22)17-12-20-11-16(17)15-5-3-4-6-18(15)23-2/h3-12,20H,1-2H3,(H,21,22). The number of aromatic amines is 1. The number of aryl methyl sites for hydroxylation is 1. The van der Waals surface area contributed by atoms with Crippen molar-refractivity contribution >= 4 is 11.6 Å². The second kappa shape index (κ2) is 6.40. The minimum Gasteiger partial charge on any atom is -0.496 e. The molecule has 0 aliphatic rings. The van der Waals surface area contributed by atoms with Gasteiger partial charge in [-0.05, 0) is 25.1 Å². The number of para-hydroxylation sites is 1. The molecule has 1 amide bonds. The molecule has 1 heterocycles.